The molecule has 1 aliphatic carbocycles. The lowest BCUT2D eigenvalue weighted by molar-refractivity contribution is -0.136. The first kappa shape index (κ1) is 35.4. The number of nitrogens with zero attached hydrogens (tertiary/aromatic N) is 7. The van der Waals surface area contributed by atoms with Gasteiger partial charge in [-0.15, -0.1) is 10.2 Å². The first-order chi connectivity index (χ1) is 22.5. The molecule has 4 rings (SSSR count). The largest absolute Gasteiger partial charge is 0.480 e. The Morgan fingerprint density at radius 3 is 2.50 bits per heavy atom. The van der Waals surface area contributed by atoms with Crippen LogP contribution in [-0.2, 0) is 29.1 Å². The minimum Gasteiger partial charge on any atom is -0.480 e. The lowest BCUT2D eigenvalue weighted by atomic mass is 9.95. The zero-order valence-electron chi connectivity index (χ0n) is 27.5. The first-order valence-corrected chi connectivity index (χ1v) is 17.3. The normalized spacial score (nSPS) is 16.1. The Morgan fingerprint density at radius 1 is 0.935 bits per heavy atom. The molecule has 0 unspecified atom stereocenters. The lowest BCUT2D eigenvalue weighted by Crippen LogP contribution is -2.42. The van der Waals surface area contributed by atoms with E-state index in [1.165, 1.54) is 32.1 Å². The van der Waals surface area contributed by atoms with Crippen LogP contribution in [0.25, 0.3) is 0 Å². The molecular weight excluding hydrogens is 588 g/mol. The number of rotatable bonds is 21. The van der Waals surface area contributed by atoms with Gasteiger partial charge in [0.05, 0.1) is 19.6 Å². The zero-order chi connectivity index (χ0) is 32.4. The zero-order valence-corrected chi connectivity index (χ0v) is 27.5. The van der Waals surface area contributed by atoms with Crippen molar-refractivity contribution >= 4 is 23.6 Å². The van der Waals surface area contributed by atoms with Gasteiger partial charge >= 0.3 is 5.97 Å². The Bertz CT molecular complexity index is 1180. The van der Waals surface area contributed by atoms with Gasteiger partial charge in [0, 0.05) is 43.4 Å². The summed E-state index contributed by atoms with van der Waals surface area (Å²) in [5.41, 5.74) is 0.929. The van der Waals surface area contributed by atoms with Crippen molar-refractivity contribution in [2.45, 2.75) is 109 Å². The molecule has 0 aromatic carbocycles. The van der Waals surface area contributed by atoms with Crippen LogP contribution in [0.4, 0.5) is 11.8 Å². The Hall–Kier alpha value is -3.43. The topological polar surface area (TPSA) is 187 Å². The van der Waals surface area contributed by atoms with Crippen molar-refractivity contribution in [3.8, 4) is 0 Å². The van der Waals surface area contributed by atoms with Crippen LogP contribution in [0.5, 0.6) is 0 Å². The molecule has 1 aliphatic heterocycles. The summed E-state index contributed by atoms with van der Waals surface area (Å²) in [6, 6.07) is 2.91. The molecule has 2 aliphatic rings. The minimum atomic E-state index is -0.891. The molecule has 2 aromatic heterocycles. The molecule has 0 bridgehead atoms. The Labute approximate surface area is 272 Å². The number of tetrazole rings is 1. The molecule has 1 amide bonds. The number of hydrogen-bond donors (Lipinski definition) is 6. The predicted molar refractivity (Wildman–Crippen MR) is 176 cm³/mol. The third-order valence-electron chi connectivity index (χ3n) is 8.54. The van der Waals surface area contributed by atoms with Crippen LogP contribution in [0.3, 0.4) is 0 Å². The number of likely N-dealkylation sites (tertiary alicyclic amines) is 1. The van der Waals surface area contributed by atoms with Crippen LogP contribution in [0, 0.1) is 0 Å². The molecule has 0 spiro atoms. The van der Waals surface area contributed by atoms with Gasteiger partial charge in [-0.3, -0.25) is 9.59 Å². The number of carbonyl (C=O) groups is 2. The summed E-state index contributed by atoms with van der Waals surface area (Å²) >= 11 is 0. The van der Waals surface area contributed by atoms with Crippen molar-refractivity contribution in [1.29, 1.82) is 0 Å². The summed E-state index contributed by atoms with van der Waals surface area (Å²) < 4.78 is 0. The minimum absolute atomic E-state index is 0.0826. The second-order valence-electron chi connectivity index (χ2n) is 12.3. The number of aromatic nitrogens is 6. The second-order valence-corrected chi connectivity index (χ2v) is 12.3. The Balaban J connectivity index is 1.11. The van der Waals surface area contributed by atoms with Crippen molar-refractivity contribution in [3.63, 3.8) is 0 Å². The Kier molecular flexibility index (Phi) is 15.4. The van der Waals surface area contributed by atoms with E-state index in [0.717, 1.165) is 69.3 Å². The van der Waals surface area contributed by atoms with Gasteiger partial charge in [0.2, 0.25) is 11.9 Å². The van der Waals surface area contributed by atoms with Crippen molar-refractivity contribution in [3.05, 3.63) is 17.6 Å². The number of anilines is 2. The summed E-state index contributed by atoms with van der Waals surface area (Å²) in [4.78, 5) is 36.0. The van der Waals surface area contributed by atoms with E-state index in [1.807, 2.05) is 11.0 Å². The molecule has 2 aromatic rings. The van der Waals surface area contributed by atoms with Crippen LogP contribution in [0.15, 0.2) is 6.07 Å². The third-order valence-corrected chi connectivity index (χ3v) is 8.54. The summed E-state index contributed by atoms with van der Waals surface area (Å²) in [5.74, 6) is 1.10. The molecular formula is C31H54N12O3. The van der Waals surface area contributed by atoms with E-state index < -0.39 is 5.97 Å². The summed E-state index contributed by atoms with van der Waals surface area (Å²) in [6.45, 7) is 7.99. The van der Waals surface area contributed by atoms with E-state index in [2.05, 4.69) is 58.9 Å². The number of carboxylic acid groups (broad SMARTS) is 1. The lowest BCUT2D eigenvalue weighted by Gasteiger charge is -2.32. The van der Waals surface area contributed by atoms with Gasteiger partial charge in [-0.05, 0) is 82.8 Å². The number of nitrogens with one attached hydrogen (secondary N) is 5. The number of aliphatic carboxylic acids is 1. The fourth-order valence-corrected chi connectivity index (χ4v) is 5.93. The van der Waals surface area contributed by atoms with Gasteiger partial charge in [-0.25, -0.2) is 4.98 Å². The first-order valence-electron chi connectivity index (χ1n) is 17.3. The number of piperidine rings is 1. The standard InChI is InChI=1S/C31H54N12O3/c1-2-24-21-27(36-26-12-19-42(20-13-26)29(44)11-6-14-33-23-30(45)46)38-31(37-24)35-22-28-39-41-43(40-28)18-8-16-32-15-7-17-34-25-9-4-3-5-10-25/h21,25-26,32-34H,2-20,22-23H2,1H3,(H,45,46)(H2,35,36,37,38). The molecule has 256 valence electrons. The van der Waals surface area contributed by atoms with Gasteiger partial charge in [-0.2, -0.15) is 9.78 Å². The summed E-state index contributed by atoms with van der Waals surface area (Å²) in [6.07, 6.45) is 12.4. The molecule has 0 atom stereocenters. The van der Waals surface area contributed by atoms with Gasteiger partial charge in [0.15, 0.2) is 5.82 Å². The molecule has 3 heterocycles. The van der Waals surface area contributed by atoms with E-state index in [9.17, 15) is 9.59 Å². The van der Waals surface area contributed by atoms with Gasteiger partial charge in [-0.1, -0.05) is 26.2 Å². The highest BCUT2D eigenvalue weighted by Gasteiger charge is 2.23. The monoisotopic (exact) mass is 642 g/mol. The quantitative estimate of drug-likeness (QED) is 0.108. The fourth-order valence-electron chi connectivity index (χ4n) is 5.93. The van der Waals surface area contributed by atoms with E-state index in [-0.39, 0.29) is 18.5 Å². The van der Waals surface area contributed by atoms with Crippen LogP contribution >= 0.6 is 0 Å². The molecule has 6 N–H and O–H groups in total. The molecule has 15 heteroatoms. The maximum absolute atomic E-state index is 12.5. The summed E-state index contributed by atoms with van der Waals surface area (Å²) in [7, 11) is 0. The van der Waals surface area contributed by atoms with Crippen molar-refractivity contribution in [2.75, 3.05) is 56.4 Å². The third kappa shape index (κ3) is 13.1. The number of hydrogen-bond acceptors (Lipinski definition) is 12. The molecule has 1 saturated heterocycles. The highest BCUT2D eigenvalue weighted by Crippen LogP contribution is 2.19. The number of carbonyl (C=O) groups excluding carboxylic acids is 1. The Morgan fingerprint density at radius 2 is 1.72 bits per heavy atom. The smallest absolute Gasteiger partial charge is 0.317 e. The summed E-state index contributed by atoms with van der Waals surface area (Å²) in [5, 5.41) is 38.4. The predicted octanol–water partition coefficient (Wildman–Crippen LogP) is 1.79. The van der Waals surface area contributed by atoms with E-state index in [4.69, 9.17) is 5.11 Å². The number of aryl methyl sites for hydroxylation is 2. The number of amides is 1. The molecule has 15 nitrogen and oxygen atoms in total. The van der Waals surface area contributed by atoms with Gasteiger partial charge < -0.3 is 36.6 Å². The van der Waals surface area contributed by atoms with E-state index in [1.54, 1.807) is 4.80 Å². The van der Waals surface area contributed by atoms with Crippen LogP contribution < -0.4 is 26.6 Å². The van der Waals surface area contributed by atoms with Crippen LogP contribution in [-0.4, -0.2) is 110 Å². The molecule has 46 heavy (non-hydrogen) atoms. The van der Waals surface area contributed by atoms with Crippen LogP contribution in [0.1, 0.15) is 89.1 Å². The van der Waals surface area contributed by atoms with E-state index >= 15 is 0 Å². The second kappa shape index (κ2) is 19.9. The highest BCUT2D eigenvalue weighted by molar-refractivity contribution is 5.76. The van der Waals surface area contributed by atoms with Crippen LogP contribution in [0.2, 0.25) is 0 Å². The van der Waals surface area contributed by atoms with Gasteiger partial charge in [0.1, 0.15) is 5.82 Å². The average molecular weight is 643 g/mol. The molecule has 0 radical (unpaired) electrons. The number of carboxylic acids is 1. The van der Waals surface area contributed by atoms with Crippen molar-refractivity contribution < 1.29 is 14.7 Å². The fraction of sp³-hybridized carbons (Fsp3) is 0.774. The van der Waals surface area contributed by atoms with Gasteiger partial charge in [0.25, 0.3) is 0 Å². The van der Waals surface area contributed by atoms with E-state index in [0.29, 0.717) is 57.3 Å². The maximum Gasteiger partial charge on any atom is 0.317 e. The SMILES string of the molecule is CCc1cc(NC2CCN(C(=O)CCCNCC(=O)O)CC2)nc(NCc2nnn(CCCNCCCNC3CCCCC3)n2)n1. The van der Waals surface area contributed by atoms with Crippen molar-refractivity contribution in [2.24, 2.45) is 0 Å². The average Bonchev–Trinajstić information content (AvgIpc) is 3.53. The maximum atomic E-state index is 12.5. The molecule has 1 saturated carbocycles. The molecule has 2 fully saturated rings. The van der Waals surface area contributed by atoms with Crippen molar-refractivity contribution in [1.82, 2.24) is 51.0 Å². The highest BCUT2D eigenvalue weighted by atomic mass is 16.4.